The van der Waals surface area contributed by atoms with E-state index < -0.39 is 11.9 Å². The van der Waals surface area contributed by atoms with Crippen LogP contribution in [-0.4, -0.2) is 32.3 Å². The molecule has 0 bridgehead atoms. The van der Waals surface area contributed by atoms with Crippen LogP contribution in [0.15, 0.2) is 122 Å². The first-order valence-electron chi connectivity index (χ1n) is 13.3. The monoisotopic (exact) mass is 547 g/mol. The summed E-state index contributed by atoms with van der Waals surface area (Å²) in [5.41, 5.74) is 7.30. The van der Waals surface area contributed by atoms with Gasteiger partial charge in [0.1, 0.15) is 5.75 Å². The molecule has 0 saturated heterocycles. The van der Waals surface area contributed by atoms with Gasteiger partial charge in [-0.1, -0.05) is 61.7 Å². The van der Waals surface area contributed by atoms with Crippen LogP contribution in [0.5, 0.6) is 5.75 Å². The zero-order chi connectivity index (χ0) is 29.0. The van der Waals surface area contributed by atoms with Gasteiger partial charge in [0.05, 0.1) is 20.3 Å². The van der Waals surface area contributed by atoms with E-state index in [0.717, 1.165) is 45.1 Å². The van der Waals surface area contributed by atoms with E-state index in [1.54, 1.807) is 7.11 Å². The largest absolute Gasteiger partial charge is 0.497 e. The highest BCUT2D eigenvalue weighted by Crippen LogP contribution is 2.36. The molecule has 0 radical (unpaired) electrons. The van der Waals surface area contributed by atoms with Crippen LogP contribution in [-0.2, 0) is 31.9 Å². The summed E-state index contributed by atoms with van der Waals surface area (Å²) in [7, 11) is 1.66. The second kappa shape index (κ2) is 14.3. The normalized spacial score (nSPS) is 10.4. The molecule has 0 atom stereocenters. The lowest BCUT2D eigenvalue weighted by atomic mass is 10.0. The summed E-state index contributed by atoms with van der Waals surface area (Å²) in [6, 6.07) is 32.8. The Bertz CT molecular complexity index is 1390. The van der Waals surface area contributed by atoms with E-state index in [1.807, 2.05) is 48.5 Å². The van der Waals surface area contributed by atoms with Crippen molar-refractivity contribution < 1.29 is 23.8 Å². The minimum absolute atomic E-state index is 0.296. The van der Waals surface area contributed by atoms with Crippen molar-refractivity contribution in [1.82, 2.24) is 0 Å². The minimum Gasteiger partial charge on any atom is -0.497 e. The molecule has 0 N–H and O–H groups in total. The molecule has 0 unspecified atom stereocenters. The van der Waals surface area contributed by atoms with Crippen molar-refractivity contribution in [3.8, 4) is 16.9 Å². The number of hydrogen-bond acceptors (Lipinski definition) is 6. The van der Waals surface area contributed by atoms with Crippen molar-refractivity contribution in [1.29, 1.82) is 0 Å². The third-order valence-electron chi connectivity index (χ3n) is 6.54. The van der Waals surface area contributed by atoms with Crippen LogP contribution in [0.1, 0.15) is 11.1 Å². The van der Waals surface area contributed by atoms with Crippen LogP contribution in [0.4, 0.5) is 17.1 Å². The van der Waals surface area contributed by atoms with Crippen molar-refractivity contribution in [2.45, 2.75) is 12.8 Å². The average molecular weight is 548 g/mol. The van der Waals surface area contributed by atoms with E-state index in [2.05, 4.69) is 66.6 Å². The molecule has 4 rings (SSSR count). The van der Waals surface area contributed by atoms with Crippen LogP contribution in [0, 0.1) is 0 Å². The highest BCUT2D eigenvalue weighted by atomic mass is 16.5. The van der Waals surface area contributed by atoms with E-state index in [0.29, 0.717) is 26.1 Å². The van der Waals surface area contributed by atoms with Gasteiger partial charge in [-0.05, 0) is 70.8 Å². The van der Waals surface area contributed by atoms with Crippen molar-refractivity contribution in [2.75, 3.05) is 25.2 Å². The van der Waals surface area contributed by atoms with E-state index in [4.69, 9.17) is 14.2 Å². The van der Waals surface area contributed by atoms with Gasteiger partial charge in [-0.2, -0.15) is 0 Å². The molecule has 0 aromatic heterocycles. The Morgan fingerprint density at radius 3 is 1.34 bits per heavy atom. The maximum atomic E-state index is 11.4. The third kappa shape index (κ3) is 7.96. The number of rotatable bonds is 13. The molecule has 0 aliphatic rings. The fraction of sp³-hybridized carbons (Fsp3) is 0.143. The fourth-order valence-electron chi connectivity index (χ4n) is 4.31. The second-order valence-electron chi connectivity index (χ2n) is 9.19. The number of anilines is 3. The Labute approximate surface area is 241 Å². The number of carbonyl (C=O) groups excluding carboxylic acids is 2. The molecule has 6 nitrogen and oxygen atoms in total. The SMILES string of the molecule is C=CC(=O)OCCc1ccc(N(c2ccc(CCOC(=O)C=C)cc2)c2ccc(-c3ccc(OC)cc3)cc2)cc1. The lowest BCUT2D eigenvalue weighted by Crippen LogP contribution is -2.10. The molecule has 4 aromatic carbocycles. The molecule has 0 heterocycles. The average Bonchev–Trinajstić information content (AvgIpc) is 3.03. The Hall–Kier alpha value is -5.10. The van der Waals surface area contributed by atoms with Gasteiger partial charge in [-0.3, -0.25) is 0 Å². The van der Waals surface area contributed by atoms with Gasteiger partial charge in [-0.25, -0.2) is 9.59 Å². The molecule has 0 aliphatic carbocycles. The maximum absolute atomic E-state index is 11.4. The first-order valence-corrected chi connectivity index (χ1v) is 13.3. The first-order chi connectivity index (χ1) is 20.0. The van der Waals surface area contributed by atoms with E-state index in [9.17, 15) is 9.59 Å². The van der Waals surface area contributed by atoms with Gasteiger partial charge in [0.2, 0.25) is 0 Å². The van der Waals surface area contributed by atoms with Gasteiger partial charge in [0.25, 0.3) is 0 Å². The van der Waals surface area contributed by atoms with Gasteiger partial charge in [0.15, 0.2) is 0 Å². The molecular weight excluding hydrogens is 514 g/mol. The maximum Gasteiger partial charge on any atom is 0.330 e. The van der Waals surface area contributed by atoms with Gasteiger partial charge >= 0.3 is 11.9 Å². The summed E-state index contributed by atoms with van der Waals surface area (Å²) in [4.78, 5) is 24.9. The van der Waals surface area contributed by atoms with Gasteiger partial charge in [-0.15, -0.1) is 0 Å². The van der Waals surface area contributed by atoms with Crippen molar-refractivity contribution >= 4 is 29.0 Å². The Morgan fingerprint density at radius 2 is 0.976 bits per heavy atom. The summed E-state index contributed by atoms with van der Waals surface area (Å²) < 4.78 is 15.5. The number of esters is 2. The first kappa shape index (κ1) is 28.9. The molecule has 0 saturated carbocycles. The molecule has 4 aromatic rings. The quantitative estimate of drug-likeness (QED) is 0.129. The van der Waals surface area contributed by atoms with E-state index >= 15 is 0 Å². The third-order valence-corrected chi connectivity index (χ3v) is 6.54. The molecular formula is C35H33NO5. The number of benzene rings is 4. The van der Waals surface area contributed by atoms with Gasteiger partial charge in [0, 0.05) is 42.1 Å². The number of ether oxygens (including phenoxy) is 3. The summed E-state index contributed by atoms with van der Waals surface area (Å²) in [5, 5.41) is 0. The van der Waals surface area contributed by atoms with Crippen LogP contribution < -0.4 is 9.64 Å². The van der Waals surface area contributed by atoms with Crippen LogP contribution in [0.25, 0.3) is 11.1 Å². The minimum atomic E-state index is -0.423. The predicted octanol–water partition coefficient (Wildman–Crippen LogP) is 7.38. The number of hydrogen-bond donors (Lipinski definition) is 0. The highest BCUT2D eigenvalue weighted by Gasteiger charge is 2.13. The molecule has 41 heavy (non-hydrogen) atoms. The van der Waals surface area contributed by atoms with Crippen LogP contribution in [0.2, 0.25) is 0 Å². The Kier molecular flexibility index (Phi) is 10.1. The number of carbonyl (C=O) groups is 2. The highest BCUT2D eigenvalue weighted by molar-refractivity contribution is 5.81. The summed E-state index contributed by atoms with van der Waals surface area (Å²) in [6.07, 6.45) is 3.56. The van der Waals surface area contributed by atoms with Crippen LogP contribution in [0.3, 0.4) is 0 Å². The molecule has 0 fully saturated rings. The number of nitrogens with zero attached hydrogens (tertiary/aromatic N) is 1. The van der Waals surface area contributed by atoms with Crippen molar-refractivity contribution in [3.63, 3.8) is 0 Å². The fourth-order valence-corrected chi connectivity index (χ4v) is 4.31. The lowest BCUT2D eigenvalue weighted by molar-refractivity contribution is -0.138. The zero-order valence-corrected chi connectivity index (χ0v) is 23.1. The summed E-state index contributed by atoms with van der Waals surface area (Å²) in [6.45, 7) is 7.44. The second-order valence-corrected chi connectivity index (χ2v) is 9.19. The standard InChI is InChI=1S/C35H33NO5/c1-4-34(37)40-24-22-26-6-14-30(15-7-26)36(31-16-8-27(9-17-31)23-25-41-35(38)5-2)32-18-10-28(11-19-32)29-12-20-33(39-3)21-13-29/h4-21H,1-2,22-25H2,3H3. The Morgan fingerprint density at radius 1 is 0.610 bits per heavy atom. The number of methoxy groups -OCH3 is 1. The zero-order valence-electron chi connectivity index (χ0n) is 23.1. The van der Waals surface area contributed by atoms with Crippen LogP contribution >= 0.6 is 0 Å². The van der Waals surface area contributed by atoms with Crippen molar-refractivity contribution in [3.05, 3.63) is 133 Å². The molecule has 208 valence electrons. The predicted molar refractivity (Wildman–Crippen MR) is 163 cm³/mol. The van der Waals surface area contributed by atoms with E-state index in [1.165, 1.54) is 12.2 Å². The smallest absolute Gasteiger partial charge is 0.330 e. The van der Waals surface area contributed by atoms with E-state index in [-0.39, 0.29) is 0 Å². The lowest BCUT2D eigenvalue weighted by Gasteiger charge is -2.26. The Balaban J connectivity index is 1.58. The van der Waals surface area contributed by atoms with Crippen molar-refractivity contribution in [2.24, 2.45) is 0 Å². The molecule has 0 amide bonds. The summed E-state index contributed by atoms with van der Waals surface area (Å²) in [5.74, 6) is -0.0254. The summed E-state index contributed by atoms with van der Waals surface area (Å²) >= 11 is 0. The molecule has 0 aliphatic heterocycles. The molecule has 6 heteroatoms. The van der Waals surface area contributed by atoms with Gasteiger partial charge < -0.3 is 19.1 Å². The molecule has 0 spiro atoms. The topological polar surface area (TPSA) is 65.1 Å².